The molecule has 1 aromatic heterocycles. The second-order valence-electron chi connectivity index (χ2n) is 10.2. The van der Waals surface area contributed by atoms with Crippen LogP contribution in [0.2, 0.25) is 0 Å². The highest BCUT2D eigenvalue weighted by Gasteiger charge is 2.35. The molecule has 0 radical (unpaired) electrons. The summed E-state index contributed by atoms with van der Waals surface area (Å²) < 4.78 is 45.5. The van der Waals surface area contributed by atoms with E-state index in [4.69, 9.17) is 23.7 Å². The van der Waals surface area contributed by atoms with E-state index in [0.29, 0.717) is 70.3 Å². The number of carbonyl (C=O) groups excluding carboxylic acids is 1. The van der Waals surface area contributed by atoms with Crippen LogP contribution in [0.4, 0.5) is 4.39 Å². The number of fused-ring (bicyclic) bond motifs is 1. The number of hydrogen-bond acceptors (Lipinski definition) is 9. The van der Waals surface area contributed by atoms with E-state index >= 15 is 0 Å². The molecule has 0 spiro atoms. The van der Waals surface area contributed by atoms with Gasteiger partial charge < -0.3 is 23.7 Å². The molecule has 3 aromatic carbocycles. The highest BCUT2D eigenvalue weighted by atomic mass is 79.9. The van der Waals surface area contributed by atoms with E-state index in [9.17, 15) is 14.0 Å². The first-order chi connectivity index (χ1) is 22.6. The third kappa shape index (κ3) is 7.02. The van der Waals surface area contributed by atoms with Crippen molar-refractivity contribution in [2.24, 2.45) is 4.99 Å². The molecule has 0 saturated carbocycles. The summed E-state index contributed by atoms with van der Waals surface area (Å²) >= 11 is 8.37. The zero-order valence-electron chi connectivity index (χ0n) is 26.2. The van der Waals surface area contributed by atoms with Crippen LogP contribution >= 0.6 is 43.2 Å². The quantitative estimate of drug-likeness (QED) is 0.161. The Labute approximate surface area is 291 Å². The van der Waals surface area contributed by atoms with Crippen LogP contribution in [0.15, 0.2) is 78.5 Å². The fourth-order valence-corrected chi connectivity index (χ4v) is 7.31. The zero-order chi connectivity index (χ0) is 33.8. The van der Waals surface area contributed by atoms with Gasteiger partial charge >= 0.3 is 5.97 Å². The van der Waals surface area contributed by atoms with Crippen LogP contribution in [0.5, 0.6) is 23.0 Å². The Morgan fingerprint density at radius 2 is 1.74 bits per heavy atom. The number of methoxy groups -OCH3 is 2. The smallest absolute Gasteiger partial charge is 0.338 e. The minimum absolute atomic E-state index is 0.00633. The van der Waals surface area contributed by atoms with E-state index in [1.807, 2.05) is 6.92 Å². The third-order valence-corrected chi connectivity index (χ3v) is 9.53. The summed E-state index contributed by atoms with van der Waals surface area (Å²) in [6.07, 6.45) is 1.71. The molecule has 1 aliphatic heterocycles. The Morgan fingerprint density at radius 1 is 1.00 bits per heavy atom. The molecule has 246 valence electrons. The Balaban J connectivity index is 1.63. The maximum absolute atomic E-state index is 14.2. The lowest BCUT2D eigenvalue weighted by Crippen LogP contribution is -2.40. The number of ether oxygens (including phenoxy) is 5. The number of rotatable bonds is 11. The number of aromatic nitrogens is 1. The largest absolute Gasteiger partial charge is 0.493 e. The molecule has 9 nitrogen and oxygen atoms in total. The lowest BCUT2D eigenvalue weighted by atomic mass is 9.95. The molecule has 4 aromatic rings. The molecule has 47 heavy (non-hydrogen) atoms. The molecule has 2 heterocycles. The van der Waals surface area contributed by atoms with E-state index in [-0.39, 0.29) is 30.2 Å². The fourth-order valence-electron chi connectivity index (χ4n) is 5.15. The highest BCUT2D eigenvalue weighted by Crippen LogP contribution is 2.41. The molecule has 0 aliphatic carbocycles. The van der Waals surface area contributed by atoms with E-state index in [2.05, 4.69) is 36.9 Å². The second kappa shape index (κ2) is 14.9. The van der Waals surface area contributed by atoms with Gasteiger partial charge in [0.25, 0.3) is 5.56 Å². The molecule has 5 rings (SSSR count). The number of carbonyl (C=O) groups is 1. The van der Waals surface area contributed by atoms with Crippen molar-refractivity contribution in [2.75, 3.05) is 27.4 Å². The molecule has 1 atom stereocenters. The highest BCUT2D eigenvalue weighted by molar-refractivity contribution is 9.10. The maximum atomic E-state index is 14.2. The van der Waals surface area contributed by atoms with Gasteiger partial charge in [-0.3, -0.25) is 9.36 Å². The van der Waals surface area contributed by atoms with Crippen molar-refractivity contribution in [3.63, 3.8) is 0 Å². The first-order valence-electron chi connectivity index (χ1n) is 14.5. The van der Waals surface area contributed by atoms with Gasteiger partial charge in [-0.2, -0.15) is 0 Å². The van der Waals surface area contributed by atoms with Crippen molar-refractivity contribution in [1.29, 1.82) is 0 Å². The van der Waals surface area contributed by atoms with E-state index in [1.165, 1.54) is 36.2 Å². The maximum Gasteiger partial charge on any atom is 0.338 e. The van der Waals surface area contributed by atoms with Gasteiger partial charge in [0, 0.05) is 10.0 Å². The lowest BCUT2D eigenvalue weighted by Gasteiger charge is -2.26. The fraction of sp³-hybridized carbons (Fsp3) is 0.265. The SMILES string of the molecule is CCOC(=O)C1=C(C)N=c2s/c(=C/c3cc(Br)c(OCc4ccccc4F)c(OC)c3)c(=O)n2[C@H]1c1cc(OC)c(OCC)cc1Br. The van der Waals surface area contributed by atoms with Crippen molar-refractivity contribution in [1.82, 2.24) is 4.57 Å². The topological polar surface area (TPSA) is 97.6 Å². The van der Waals surface area contributed by atoms with Crippen LogP contribution in [-0.2, 0) is 16.1 Å². The van der Waals surface area contributed by atoms with Crippen LogP contribution in [0, 0.1) is 5.82 Å². The minimum atomic E-state index is -0.873. The van der Waals surface area contributed by atoms with Crippen LogP contribution in [-0.4, -0.2) is 38.0 Å². The predicted molar refractivity (Wildman–Crippen MR) is 184 cm³/mol. The number of halogens is 3. The van der Waals surface area contributed by atoms with Crippen molar-refractivity contribution < 1.29 is 32.9 Å². The van der Waals surface area contributed by atoms with Gasteiger partial charge in [0.1, 0.15) is 12.4 Å². The minimum Gasteiger partial charge on any atom is -0.493 e. The predicted octanol–water partition coefficient (Wildman–Crippen LogP) is 6.46. The van der Waals surface area contributed by atoms with Crippen LogP contribution in [0.25, 0.3) is 6.08 Å². The van der Waals surface area contributed by atoms with Crippen molar-refractivity contribution in [2.45, 2.75) is 33.4 Å². The molecular weight excluding hydrogens is 759 g/mol. The Hall–Kier alpha value is -3.94. The summed E-state index contributed by atoms with van der Waals surface area (Å²) in [6, 6.07) is 12.5. The normalized spacial score (nSPS) is 14.4. The summed E-state index contributed by atoms with van der Waals surface area (Å²) in [6.45, 7) is 5.87. The Kier molecular flexibility index (Phi) is 10.9. The van der Waals surface area contributed by atoms with Gasteiger partial charge in [-0.25, -0.2) is 14.2 Å². The number of thiazole rings is 1. The standard InChI is InChI=1S/C34H31Br2FN2O7S/c1-6-44-26-16-22(35)21(15-25(26)42-4)30-29(33(41)45-7-2)18(3)38-34-39(30)32(40)28(47-34)14-19-12-23(36)31(27(13-19)43-5)46-17-20-10-8-9-11-24(20)37/h8-16,30H,6-7,17H2,1-5H3/b28-14+/t30-/m0/s1. The summed E-state index contributed by atoms with van der Waals surface area (Å²) in [5.74, 6) is 0.783. The van der Waals surface area contributed by atoms with Gasteiger partial charge in [0.05, 0.1) is 53.8 Å². The summed E-state index contributed by atoms with van der Waals surface area (Å²) in [4.78, 5) is 32.6. The number of nitrogens with zero attached hydrogens (tertiary/aromatic N) is 2. The summed E-state index contributed by atoms with van der Waals surface area (Å²) in [5.41, 5.74) is 1.94. The Bertz CT molecular complexity index is 2060. The average molecular weight is 791 g/mol. The molecule has 0 unspecified atom stereocenters. The summed E-state index contributed by atoms with van der Waals surface area (Å²) in [5, 5.41) is 0. The average Bonchev–Trinajstić information content (AvgIpc) is 3.34. The first-order valence-corrected chi connectivity index (χ1v) is 17.0. The van der Waals surface area contributed by atoms with Gasteiger partial charge in [0.15, 0.2) is 27.8 Å². The van der Waals surface area contributed by atoms with Gasteiger partial charge in [-0.05, 0) is 84.2 Å². The number of esters is 1. The third-order valence-electron chi connectivity index (χ3n) is 7.27. The van der Waals surface area contributed by atoms with E-state index < -0.39 is 12.0 Å². The van der Waals surface area contributed by atoms with Crippen molar-refractivity contribution in [3.05, 3.63) is 111 Å². The molecule has 0 bridgehead atoms. The first kappa shape index (κ1) is 34.4. The molecule has 0 saturated heterocycles. The van der Waals surface area contributed by atoms with Gasteiger partial charge in [-0.1, -0.05) is 45.5 Å². The lowest BCUT2D eigenvalue weighted by molar-refractivity contribution is -0.139. The van der Waals surface area contributed by atoms with Gasteiger partial charge in [0.2, 0.25) is 0 Å². The molecule has 0 amide bonds. The molecule has 0 N–H and O–H groups in total. The van der Waals surface area contributed by atoms with E-state index in [1.54, 1.807) is 62.4 Å². The van der Waals surface area contributed by atoms with Crippen molar-refractivity contribution in [3.8, 4) is 23.0 Å². The van der Waals surface area contributed by atoms with E-state index in [0.717, 1.165) is 0 Å². The second-order valence-corrected chi connectivity index (χ2v) is 12.9. The monoisotopic (exact) mass is 788 g/mol. The number of allylic oxidation sites excluding steroid dienone is 1. The van der Waals surface area contributed by atoms with Crippen LogP contribution < -0.4 is 33.8 Å². The van der Waals surface area contributed by atoms with Crippen LogP contribution in [0.3, 0.4) is 0 Å². The molecule has 13 heteroatoms. The Morgan fingerprint density at radius 3 is 2.43 bits per heavy atom. The molecule has 0 fully saturated rings. The van der Waals surface area contributed by atoms with Crippen LogP contribution in [0.1, 0.15) is 43.5 Å². The molecular formula is C34H31Br2FN2O7S. The number of benzene rings is 3. The van der Waals surface area contributed by atoms with Gasteiger partial charge in [-0.15, -0.1) is 0 Å². The zero-order valence-corrected chi connectivity index (χ0v) is 30.2. The number of hydrogen-bond donors (Lipinski definition) is 0. The van der Waals surface area contributed by atoms with Crippen molar-refractivity contribution >= 4 is 55.2 Å². The molecule has 1 aliphatic rings. The summed E-state index contributed by atoms with van der Waals surface area (Å²) in [7, 11) is 3.02.